The van der Waals surface area contributed by atoms with Crippen molar-refractivity contribution in [3.63, 3.8) is 0 Å². The van der Waals surface area contributed by atoms with Crippen molar-refractivity contribution in [2.75, 3.05) is 13.7 Å². The van der Waals surface area contributed by atoms with Crippen molar-refractivity contribution in [2.24, 2.45) is 16.7 Å². The smallest absolute Gasteiger partial charge is 0.338 e. The quantitative estimate of drug-likeness (QED) is 0.619. The van der Waals surface area contributed by atoms with Crippen molar-refractivity contribution in [1.82, 2.24) is 0 Å². The average Bonchev–Trinajstić information content (AvgIpc) is 2.70. The first kappa shape index (κ1) is 9.64. The minimum atomic E-state index is -0.626. The molecule has 0 amide bonds. The van der Waals surface area contributed by atoms with Crippen LogP contribution in [0.4, 0.5) is 0 Å². The van der Waals surface area contributed by atoms with Gasteiger partial charge in [-0.1, -0.05) is 13.8 Å². The summed E-state index contributed by atoms with van der Waals surface area (Å²) in [5.41, 5.74) is -0.432. The Morgan fingerprint density at radius 3 is 2.73 bits per heavy atom. The molecule has 0 N–H and O–H groups in total. The normalized spacial score (nSPS) is 56.1. The molecular weight excluding hydrogens is 192 g/mol. The van der Waals surface area contributed by atoms with E-state index in [1.165, 1.54) is 13.5 Å². The van der Waals surface area contributed by atoms with Crippen LogP contribution in [0.25, 0.3) is 0 Å². The molecule has 3 fully saturated rings. The summed E-state index contributed by atoms with van der Waals surface area (Å²) in [5, 5.41) is 0. The van der Waals surface area contributed by atoms with E-state index in [2.05, 4.69) is 13.8 Å². The summed E-state index contributed by atoms with van der Waals surface area (Å²) in [4.78, 5) is 12.0. The van der Waals surface area contributed by atoms with Crippen LogP contribution in [-0.4, -0.2) is 25.3 Å². The first-order valence-electron chi connectivity index (χ1n) is 5.73. The molecule has 0 unspecified atom stereocenters. The molecule has 3 aliphatic rings. The van der Waals surface area contributed by atoms with Crippen LogP contribution < -0.4 is 0 Å². The molecule has 0 spiro atoms. The van der Waals surface area contributed by atoms with Gasteiger partial charge in [0.1, 0.15) is 0 Å². The monoisotopic (exact) mass is 210 g/mol. The topological polar surface area (TPSA) is 35.5 Å². The van der Waals surface area contributed by atoms with E-state index < -0.39 is 5.60 Å². The van der Waals surface area contributed by atoms with Crippen molar-refractivity contribution in [2.45, 2.75) is 38.7 Å². The highest BCUT2D eigenvalue weighted by molar-refractivity contribution is 5.82. The molecule has 0 aromatic heterocycles. The van der Waals surface area contributed by atoms with E-state index in [0.29, 0.717) is 5.92 Å². The number of ether oxygens (including phenoxy) is 2. The van der Waals surface area contributed by atoms with Crippen LogP contribution >= 0.6 is 0 Å². The zero-order valence-electron chi connectivity index (χ0n) is 9.63. The summed E-state index contributed by atoms with van der Waals surface area (Å²) < 4.78 is 10.8. The summed E-state index contributed by atoms with van der Waals surface area (Å²) >= 11 is 0. The number of rotatable bonds is 1. The summed E-state index contributed by atoms with van der Waals surface area (Å²) in [7, 11) is 1.46. The van der Waals surface area contributed by atoms with Gasteiger partial charge >= 0.3 is 5.97 Å². The van der Waals surface area contributed by atoms with Gasteiger partial charge in [0, 0.05) is 10.8 Å². The molecule has 4 bridgehead atoms. The third kappa shape index (κ3) is 0.718. The molecule has 3 nitrogen and oxygen atoms in total. The van der Waals surface area contributed by atoms with E-state index in [1.807, 2.05) is 0 Å². The Morgan fingerprint density at radius 1 is 1.47 bits per heavy atom. The molecule has 1 heterocycles. The Labute approximate surface area is 90.1 Å². The lowest BCUT2D eigenvalue weighted by Crippen LogP contribution is -2.50. The molecule has 3 heteroatoms. The maximum Gasteiger partial charge on any atom is 0.338 e. The third-order valence-electron chi connectivity index (χ3n) is 5.71. The first-order valence-corrected chi connectivity index (χ1v) is 5.73. The Bertz CT molecular complexity index is 340. The molecule has 2 aliphatic carbocycles. The van der Waals surface area contributed by atoms with E-state index in [0.717, 1.165) is 19.4 Å². The Kier molecular flexibility index (Phi) is 1.54. The second-order valence-electron chi connectivity index (χ2n) is 5.80. The Balaban J connectivity index is 2.12. The van der Waals surface area contributed by atoms with Crippen LogP contribution in [0.2, 0.25) is 0 Å². The fraction of sp³-hybridized carbons (Fsp3) is 0.917. The SMILES string of the molecule is COC(=O)[C@@]12C[C@H]3CC[C@]1(C)[C@@]3(C)CO2. The van der Waals surface area contributed by atoms with Gasteiger partial charge < -0.3 is 9.47 Å². The summed E-state index contributed by atoms with van der Waals surface area (Å²) in [6.45, 7) is 5.22. The van der Waals surface area contributed by atoms with Crippen molar-refractivity contribution in [3.8, 4) is 0 Å². The highest BCUT2D eigenvalue weighted by atomic mass is 16.6. The molecule has 15 heavy (non-hydrogen) atoms. The average molecular weight is 210 g/mol. The molecule has 0 aromatic carbocycles. The minimum absolute atomic E-state index is 0.00222. The molecule has 0 aromatic rings. The number of carbonyl (C=O) groups excluding carboxylic acids is 1. The van der Waals surface area contributed by atoms with Crippen molar-refractivity contribution >= 4 is 5.97 Å². The van der Waals surface area contributed by atoms with Gasteiger partial charge in [0.15, 0.2) is 5.60 Å². The van der Waals surface area contributed by atoms with E-state index in [4.69, 9.17) is 9.47 Å². The zero-order chi connectivity index (χ0) is 10.9. The fourth-order valence-corrected chi connectivity index (χ4v) is 4.38. The highest BCUT2D eigenvalue weighted by Gasteiger charge is 2.79. The van der Waals surface area contributed by atoms with Crippen LogP contribution in [-0.2, 0) is 14.3 Å². The zero-order valence-corrected chi connectivity index (χ0v) is 9.63. The maximum absolute atomic E-state index is 12.0. The summed E-state index contributed by atoms with van der Waals surface area (Å²) in [6.07, 6.45) is 3.21. The fourth-order valence-electron chi connectivity index (χ4n) is 4.38. The van der Waals surface area contributed by atoms with Gasteiger partial charge in [0.25, 0.3) is 0 Å². The Hall–Kier alpha value is -0.570. The number of methoxy groups -OCH3 is 1. The van der Waals surface area contributed by atoms with Gasteiger partial charge in [0.05, 0.1) is 13.7 Å². The van der Waals surface area contributed by atoms with E-state index in [9.17, 15) is 4.79 Å². The number of hydrogen-bond acceptors (Lipinski definition) is 3. The number of esters is 1. The first-order chi connectivity index (χ1) is 7.00. The van der Waals surface area contributed by atoms with Gasteiger partial charge in [-0.3, -0.25) is 0 Å². The van der Waals surface area contributed by atoms with Gasteiger partial charge in [0.2, 0.25) is 0 Å². The molecule has 84 valence electrons. The van der Waals surface area contributed by atoms with E-state index in [1.54, 1.807) is 0 Å². The number of carbonyl (C=O) groups is 1. The lowest BCUT2D eigenvalue weighted by molar-refractivity contribution is -0.178. The molecule has 4 atom stereocenters. The summed E-state index contributed by atoms with van der Waals surface area (Å²) in [6, 6.07) is 0. The molecule has 1 saturated heterocycles. The van der Waals surface area contributed by atoms with E-state index in [-0.39, 0.29) is 16.8 Å². The highest BCUT2D eigenvalue weighted by Crippen LogP contribution is 2.75. The van der Waals surface area contributed by atoms with Crippen molar-refractivity contribution < 1.29 is 14.3 Å². The summed E-state index contributed by atoms with van der Waals surface area (Å²) in [5.74, 6) is 0.492. The van der Waals surface area contributed by atoms with Crippen molar-refractivity contribution in [3.05, 3.63) is 0 Å². The van der Waals surface area contributed by atoms with Gasteiger partial charge in [-0.2, -0.15) is 0 Å². The van der Waals surface area contributed by atoms with Crippen LogP contribution in [0.1, 0.15) is 33.1 Å². The standard InChI is InChI=1S/C12H18O3/c1-10-7-15-12(9(13)14-3)6-8(10)4-5-11(10,12)2/h8H,4-7H2,1-3H3/t8-,10+,11-,12+/m1/s1. The molecular formula is C12H18O3. The lowest BCUT2D eigenvalue weighted by atomic mass is 9.66. The van der Waals surface area contributed by atoms with Crippen LogP contribution in [0.3, 0.4) is 0 Å². The Morgan fingerprint density at radius 2 is 2.20 bits per heavy atom. The maximum atomic E-state index is 12.0. The lowest BCUT2D eigenvalue weighted by Gasteiger charge is -2.38. The van der Waals surface area contributed by atoms with Crippen LogP contribution in [0.5, 0.6) is 0 Å². The van der Waals surface area contributed by atoms with Crippen molar-refractivity contribution in [1.29, 1.82) is 0 Å². The molecule has 1 aliphatic heterocycles. The van der Waals surface area contributed by atoms with E-state index >= 15 is 0 Å². The molecule has 2 saturated carbocycles. The van der Waals surface area contributed by atoms with Gasteiger partial charge in [-0.25, -0.2) is 4.79 Å². The minimum Gasteiger partial charge on any atom is -0.467 e. The second-order valence-corrected chi connectivity index (χ2v) is 5.80. The van der Waals surface area contributed by atoms with Gasteiger partial charge in [-0.05, 0) is 25.2 Å². The molecule has 0 radical (unpaired) electrons. The third-order valence-corrected chi connectivity index (χ3v) is 5.71. The predicted molar refractivity (Wildman–Crippen MR) is 54.3 cm³/mol. The number of hydrogen-bond donors (Lipinski definition) is 0. The van der Waals surface area contributed by atoms with Gasteiger partial charge in [-0.15, -0.1) is 0 Å². The van der Waals surface area contributed by atoms with Crippen LogP contribution in [0.15, 0.2) is 0 Å². The van der Waals surface area contributed by atoms with Crippen LogP contribution in [0, 0.1) is 16.7 Å². The largest absolute Gasteiger partial charge is 0.467 e. The second kappa shape index (κ2) is 2.40. The molecule has 3 rings (SSSR count). The predicted octanol–water partition coefficient (Wildman–Crippen LogP) is 1.75.